The van der Waals surface area contributed by atoms with Crippen LogP contribution >= 0.6 is 0 Å². The van der Waals surface area contributed by atoms with E-state index in [4.69, 9.17) is 4.74 Å². The van der Waals surface area contributed by atoms with Crippen LogP contribution in [-0.2, 0) is 20.9 Å². The molecule has 7 heteroatoms. The number of rotatable bonds is 7. The van der Waals surface area contributed by atoms with Crippen molar-refractivity contribution >= 4 is 11.8 Å². The van der Waals surface area contributed by atoms with Crippen molar-refractivity contribution < 1.29 is 14.3 Å². The first kappa shape index (κ1) is 20.8. The zero-order valence-electron chi connectivity index (χ0n) is 16.9. The Balaban J connectivity index is 1.42. The SMILES string of the molecule is CC(=O)N(CCN1CCOCC1)CC(=O)N1CCN(Cc2ccccc2)CC1. The summed E-state index contributed by atoms with van der Waals surface area (Å²) in [5.41, 5.74) is 1.30. The summed E-state index contributed by atoms with van der Waals surface area (Å²) in [7, 11) is 0. The van der Waals surface area contributed by atoms with Crippen LogP contribution in [0.1, 0.15) is 12.5 Å². The molecule has 1 aromatic rings. The van der Waals surface area contributed by atoms with Crippen molar-refractivity contribution in [2.45, 2.75) is 13.5 Å². The number of benzene rings is 1. The van der Waals surface area contributed by atoms with Gasteiger partial charge in [0.15, 0.2) is 0 Å². The van der Waals surface area contributed by atoms with Gasteiger partial charge in [-0.3, -0.25) is 19.4 Å². The highest BCUT2D eigenvalue weighted by Gasteiger charge is 2.24. The maximum Gasteiger partial charge on any atom is 0.242 e. The fourth-order valence-corrected chi connectivity index (χ4v) is 3.70. The van der Waals surface area contributed by atoms with Crippen LogP contribution in [0.2, 0.25) is 0 Å². The van der Waals surface area contributed by atoms with Crippen molar-refractivity contribution in [3.05, 3.63) is 35.9 Å². The molecule has 7 nitrogen and oxygen atoms in total. The van der Waals surface area contributed by atoms with E-state index in [0.717, 1.165) is 65.6 Å². The molecule has 2 heterocycles. The van der Waals surface area contributed by atoms with Gasteiger partial charge < -0.3 is 14.5 Å². The summed E-state index contributed by atoms with van der Waals surface area (Å²) in [5, 5.41) is 0. The van der Waals surface area contributed by atoms with Gasteiger partial charge in [-0.2, -0.15) is 0 Å². The van der Waals surface area contributed by atoms with Crippen LogP contribution in [0.5, 0.6) is 0 Å². The molecule has 2 aliphatic rings. The van der Waals surface area contributed by atoms with Crippen molar-refractivity contribution in [1.82, 2.24) is 19.6 Å². The summed E-state index contributed by atoms with van der Waals surface area (Å²) in [5.74, 6) is 0.0147. The summed E-state index contributed by atoms with van der Waals surface area (Å²) >= 11 is 0. The van der Waals surface area contributed by atoms with Crippen LogP contribution in [0.3, 0.4) is 0 Å². The van der Waals surface area contributed by atoms with Crippen molar-refractivity contribution in [2.24, 2.45) is 0 Å². The molecule has 0 N–H and O–H groups in total. The summed E-state index contributed by atoms with van der Waals surface area (Å²) in [6.07, 6.45) is 0. The van der Waals surface area contributed by atoms with Gasteiger partial charge in [0, 0.05) is 65.8 Å². The van der Waals surface area contributed by atoms with Crippen LogP contribution in [0.25, 0.3) is 0 Å². The van der Waals surface area contributed by atoms with Crippen LogP contribution in [-0.4, -0.2) is 104 Å². The van der Waals surface area contributed by atoms with E-state index in [-0.39, 0.29) is 18.4 Å². The second-order valence-electron chi connectivity index (χ2n) is 7.54. The maximum absolute atomic E-state index is 12.7. The highest BCUT2D eigenvalue weighted by molar-refractivity contribution is 5.83. The molecule has 1 aromatic carbocycles. The van der Waals surface area contributed by atoms with Crippen LogP contribution in [0.4, 0.5) is 0 Å². The fourth-order valence-electron chi connectivity index (χ4n) is 3.70. The Kier molecular flexibility index (Phi) is 7.82. The van der Waals surface area contributed by atoms with Crippen LogP contribution < -0.4 is 0 Å². The van der Waals surface area contributed by atoms with Gasteiger partial charge in [-0.05, 0) is 5.56 Å². The maximum atomic E-state index is 12.7. The Morgan fingerprint density at radius 2 is 1.64 bits per heavy atom. The average Bonchev–Trinajstić information content (AvgIpc) is 2.73. The standard InChI is InChI=1S/C21H32N4O3/c1-19(26)25(12-7-22-13-15-28-16-14-22)18-21(27)24-10-8-23(9-11-24)17-20-5-3-2-4-6-20/h2-6H,7-18H2,1H3. The molecule has 154 valence electrons. The van der Waals surface area contributed by atoms with E-state index < -0.39 is 0 Å². The first-order chi connectivity index (χ1) is 13.6. The molecular weight excluding hydrogens is 356 g/mol. The van der Waals surface area contributed by atoms with Gasteiger partial charge in [-0.1, -0.05) is 30.3 Å². The molecule has 0 aromatic heterocycles. The summed E-state index contributed by atoms with van der Waals surface area (Å²) in [4.78, 5) is 32.9. The largest absolute Gasteiger partial charge is 0.379 e. The quantitative estimate of drug-likeness (QED) is 0.681. The molecule has 0 saturated carbocycles. The minimum Gasteiger partial charge on any atom is -0.379 e. The predicted molar refractivity (Wildman–Crippen MR) is 108 cm³/mol. The molecule has 0 bridgehead atoms. The zero-order valence-corrected chi connectivity index (χ0v) is 16.9. The summed E-state index contributed by atoms with van der Waals surface area (Å²) < 4.78 is 5.36. The Morgan fingerprint density at radius 1 is 0.964 bits per heavy atom. The van der Waals surface area contributed by atoms with Gasteiger partial charge in [-0.25, -0.2) is 0 Å². The minimum absolute atomic E-state index is 0.0377. The smallest absolute Gasteiger partial charge is 0.242 e. The van der Waals surface area contributed by atoms with Crippen LogP contribution in [0.15, 0.2) is 30.3 Å². The third-order valence-corrected chi connectivity index (χ3v) is 5.54. The lowest BCUT2D eigenvalue weighted by Gasteiger charge is -2.36. The van der Waals surface area contributed by atoms with Crippen molar-refractivity contribution in [2.75, 3.05) is 72.1 Å². The molecule has 0 aliphatic carbocycles. The Bertz CT molecular complexity index is 626. The van der Waals surface area contributed by atoms with Gasteiger partial charge in [0.25, 0.3) is 0 Å². The number of carbonyl (C=O) groups is 2. The molecule has 2 saturated heterocycles. The third kappa shape index (κ3) is 6.29. The molecule has 0 spiro atoms. The van der Waals surface area contributed by atoms with Gasteiger partial charge in [0.05, 0.1) is 19.8 Å². The van der Waals surface area contributed by atoms with E-state index in [0.29, 0.717) is 6.54 Å². The van der Waals surface area contributed by atoms with E-state index in [1.165, 1.54) is 5.56 Å². The predicted octanol–water partition coefficient (Wildman–Crippen LogP) is 0.512. The second kappa shape index (κ2) is 10.5. The average molecular weight is 389 g/mol. The first-order valence-corrected chi connectivity index (χ1v) is 10.2. The monoisotopic (exact) mass is 388 g/mol. The van der Waals surface area contributed by atoms with E-state index in [1.807, 2.05) is 11.0 Å². The highest BCUT2D eigenvalue weighted by atomic mass is 16.5. The number of hydrogen-bond donors (Lipinski definition) is 0. The number of morpholine rings is 1. The van der Waals surface area contributed by atoms with Gasteiger partial charge in [0.2, 0.25) is 11.8 Å². The summed E-state index contributed by atoms with van der Waals surface area (Å²) in [6, 6.07) is 10.4. The molecule has 2 fully saturated rings. The number of nitrogens with zero attached hydrogens (tertiary/aromatic N) is 4. The van der Waals surface area contributed by atoms with E-state index in [2.05, 4.69) is 34.1 Å². The van der Waals surface area contributed by atoms with E-state index in [1.54, 1.807) is 11.8 Å². The molecule has 0 unspecified atom stereocenters. The van der Waals surface area contributed by atoms with Crippen molar-refractivity contribution in [3.8, 4) is 0 Å². The lowest BCUT2D eigenvalue weighted by Crippen LogP contribution is -2.52. The molecule has 0 atom stereocenters. The molecule has 2 aliphatic heterocycles. The molecule has 0 radical (unpaired) electrons. The van der Waals surface area contributed by atoms with Crippen molar-refractivity contribution in [3.63, 3.8) is 0 Å². The number of piperazine rings is 1. The van der Waals surface area contributed by atoms with Crippen LogP contribution in [0, 0.1) is 0 Å². The Hall–Kier alpha value is -1.96. The molecule has 2 amide bonds. The van der Waals surface area contributed by atoms with Gasteiger partial charge >= 0.3 is 0 Å². The number of amides is 2. The third-order valence-electron chi connectivity index (χ3n) is 5.54. The summed E-state index contributed by atoms with van der Waals surface area (Å²) in [6.45, 7) is 10.5. The van der Waals surface area contributed by atoms with E-state index >= 15 is 0 Å². The Labute approximate surface area is 167 Å². The topological polar surface area (TPSA) is 56.3 Å². The Morgan fingerprint density at radius 3 is 2.29 bits per heavy atom. The normalized spacial score (nSPS) is 18.8. The first-order valence-electron chi connectivity index (χ1n) is 10.2. The highest BCUT2D eigenvalue weighted by Crippen LogP contribution is 2.09. The molecule has 3 rings (SSSR count). The number of carbonyl (C=O) groups excluding carboxylic acids is 2. The molecule has 28 heavy (non-hydrogen) atoms. The number of hydrogen-bond acceptors (Lipinski definition) is 5. The lowest BCUT2D eigenvalue weighted by molar-refractivity contribution is -0.140. The van der Waals surface area contributed by atoms with E-state index in [9.17, 15) is 9.59 Å². The van der Waals surface area contributed by atoms with Gasteiger partial charge in [0.1, 0.15) is 0 Å². The lowest BCUT2D eigenvalue weighted by atomic mass is 10.2. The fraction of sp³-hybridized carbons (Fsp3) is 0.619. The van der Waals surface area contributed by atoms with Gasteiger partial charge in [-0.15, -0.1) is 0 Å². The minimum atomic E-state index is -0.0377. The number of ether oxygens (including phenoxy) is 1. The zero-order chi connectivity index (χ0) is 19.8. The van der Waals surface area contributed by atoms with Crippen molar-refractivity contribution in [1.29, 1.82) is 0 Å². The second-order valence-corrected chi connectivity index (χ2v) is 7.54. The molecular formula is C21H32N4O3.